The van der Waals surface area contributed by atoms with Crippen molar-refractivity contribution in [2.75, 3.05) is 19.5 Å². The summed E-state index contributed by atoms with van der Waals surface area (Å²) < 4.78 is 26.2. The summed E-state index contributed by atoms with van der Waals surface area (Å²) in [6.07, 6.45) is -0.0175. The SMILES string of the molecule is CS(=O)(=O)O[C@H](C#CCCO)[C@@H](N)CO. The van der Waals surface area contributed by atoms with E-state index in [-0.39, 0.29) is 13.0 Å². The topological polar surface area (TPSA) is 110 Å². The van der Waals surface area contributed by atoms with Crippen molar-refractivity contribution in [2.24, 2.45) is 5.73 Å². The maximum atomic E-state index is 10.8. The highest BCUT2D eigenvalue weighted by atomic mass is 32.2. The second kappa shape index (κ2) is 6.76. The molecule has 0 saturated carbocycles. The Bertz CT molecular complexity index is 329. The molecule has 0 spiro atoms. The molecule has 0 saturated heterocycles. The quantitative estimate of drug-likeness (QED) is 0.378. The van der Waals surface area contributed by atoms with Crippen molar-refractivity contribution in [2.45, 2.75) is 18.6 Å². The lowest BCUT2D eigenvalue weighted by Gasteiger charge is -2.15. The summed E-state index contributed by atoms with van der Waals surface area (Å²) in [5.41, 5.74) is 5.40. The molecule has 0 aliphatic heterocycles. The molecule has 0 aliphatic carbocycles. The first-order valence-electron chi connectivity index (χ1n) is 4.24. The molecule has 88 valence electrons. The predicted octanol–water partition coefficient (Wildman–Crippen LogP) is -1.96. The molecule has 2 atom stereocenters. The summed E-state index contributed by atoms with van der Waals surface area (Å²) in [5.74, 6) is 4.92. The van der Waals surface area contributed by atoms with E-state index in [1.807, 2.05) is 0 Å². The fraction of sp³-hybridized carbons (Fsp3) is 0.750. The molecular formula is C8H15NO5S. The van der Waals surface area contributed by atoms with Crippen molar-refractivity contribution >= 4 is 10.1 Å². The molecule has 0 aromatic heterocycles. The van der Waals surface area contributed by atoms with Crippen LogP contribution in [0, 0.1) is 11.8 Å². The average Bonchev–Trinajstić information content (AvgIpc) is 2.13. The van der Waals surface area contributed by atoms with Gasteiger partial charge in [0.15, 0.2) is 6.10 Å². The Hall–Kier alpha value is -0.650. The highest BCUT2D eigenvalue weighted by Crippen LogP contribution is 2.00. The Morgan fingerprint density at radius 3 is 2.47 bits per heavy atom. The minimum atomic E-state index is -3.67. The van der Waals surface area contributed by atoms with Gasteiger partial charge in [-0.3, -0.25) is 4.18 Å². The Labute approximate surface area is 89.2 Å². The number of aliphatic hydroxyl groups is 2. The Kier molecular flexibility index (Phi) is 6.47. The zero-order chi connectivity index (χ0) is 11.9. The Morgan fingerprint density at radius 1 is 1.47 bits per heavy atom. The monoisotopic (exact) mass is 237 g/mol. The minimum Gasteiger partial charge on any atom is -0.395 e. The van der Waals surface area contributed by atoms with E-state index in [1.165, 1.54) is 0 Å². The van der Waals surface area contributed by atoms with Gasteiger partial charge in [0.2, 0.25) is 0 Å². The van der Waals surface area contributed by atoms with Gasteiger partial charge in [0.25, 0.3) is 10.1 Å². The van der Waals surface area contributed by atoms with Gasteiger partial charge in [0.1, 0.15) is 0 Å². The molecule has 0 amide bonds. The molecular weight excluding hydrogens is 222 g/mol. The van der Waals surface area contributed by atoms with Gasteiger partial charge >= 0.3 is 0 Å². The highest BCUT2D eigenvalue weighted by Gasteiger charge is 2.20. The molecule has 6 nitrogen and oxygen atoms in total. The summed E-state index contributed by atoms with van der Waals surface area (Å²) in [7, 11) is -3.67. The molecule has 0 aliphatic rings. The third-order valence-electron chi connectivity index (χ3n) is 1.36. The van der Waals surface area contributed by atoms with Gasteiger partial charge < -0.3 is 15.9 Å². The summed E-state index contributed by atoms with van der Waals surface area (Å²) >= 11 is 0. The van der Waals surface area contributed by atoms with Crippen LogP contribution in [-0.4, -0.2) is 50.2 Å². The smallest absolute Gasteiger partial charge is 0.265 e. The molecule has 0 unspecified atom stereocenters. The van der Waals surface area contributed by atoms with E-state index in [4.69, 9.17) is 15.9 Å². The van der Waals surface area contributed by atoms with Crippen LogP contribution in [0.2, 0.25) is 0 Å². The first-order valence-corrected chi connectivity index (χ1v) is 6.06. The van der Waals surface area contributed by atoms with Crippen LogP contribution in [0.3, 0.4) is 0 Å². The van der Waals surface area contributed by atoms with Crippen LogP contribution in [0.25, 0.3) is 0 Å². The zero-order valence-electron chi connectivity index (χ0n) is 8.38. The van der Waals surface area contributed by atoms with Crippen molar-refractivity contribution in [1.29, 1.82) is 0 Å². The van der Waals surface area contributed by atoms with E-state index in [9.17, 15) is 8.42 Å². The first kappa shape index (κ1) is 14.3. The molecule has 0 bridgehead atoms. The van der Waals surface area contributed by atoms with Crippen molar-refractivity contribution < 1.29 is 22.8 Å². The first-order chi connectivity index (χ1) is 6.90. The van der Waals surface area contributed by atoms with Crippen molar-refractivity contribution in [1.82, 2.24) is 0 Å². The van der Waals surface area contributed by atoms with Crippen LogP contribution >= 0.6 is 0 Å². The molecule has 0 aromatic carbocycles. The van der Waals surface area contributed by atoms with Crippen LogP contribution in [0.4, 0.5) is 0 Å². The summed E-state index contributed by atoms with van der Waals surface area (Å²) in [4.78, 5) is 0. The number of rotatable bonds is 5. The van der Waals surface area contributed by atoms with E-state index in [1.54, 1.807) is 0 Å². The van der Waals surface area contributed by atoms with Crippen molar-refractivity contribution in [3.05, 3.63) is 0 Å². The van der Waals surface area contributed by atoms with Crippen molar-refractivity contribution in [3.8, 4) is 11.8 Å². The van der Waals surface area contributed by atoms with Crippen molar-refractivity contribution in [3.63, 3.8) is 0 Å². The maximum Gasteiger partial charge on any atom is 0.265 e. The summed E-state index contributed by atoms with van der Waals surface area (Å²) in [6, 6.07) is -0.897. The lowest BCUT2D eigenvalue weighted by atomic mass is 10.2. The van der Waals surface area contributed by atoms with Gasteiger partial charge in [0, 0.05) is 6.42 Å². The van der Waals surface area contributed by atoms with Crippen LogP contribution in [-0.2, 0) is 14.3 Å². The van der Waals surface area contributed by atoms with Crippen LogP contribution in [0.15, 0.2) is 0 Å². The average molecular weight is 237 g/mol. The number of aliphatic hydroxyl groups excluding tert-OH is 2. The predicted molar refractivity (Wildman–Crippen MR) is 54.3 cm³/mol. The number of hydrogen-bond donors (Lipinski definition) is 3. The van der Waals surface area contributed by atoms with Crippen LogP contribution in [0.1, 0.15) is 6.42 Å². The molecule has 0 rings (SSSR count). The van der Waals surface area contributed by atoms with Gasteiger partial charge in [0.05, 0.1) is 25.5 Å². The molecule has 0 fully saturated rings. The van der Waals surface area contributed by atoms with Gasteiger partial charge in [-0.15, -0.1) is 0 Å². The van der Waals surface area contributed by atoms with E-state index in [0.717, 1.165) is 6.26 Å². The molecule has 15 heavy (non-hydrogen) atoms. The van der Waals surface area contributed by atoms with Gasteiger partial charge in [-0.1, -0.05) is 11.8 Å². The lowest BCUT2D eigenvalue weighted by molar-refractivity contribution is 0.174. The molecule has 0 radical (unpaired) electrons. The lowest BCUT2D eigenvalue weighted by Crippen LogP contribution is -2.40. The van der Waals surface area contributed by atoms with Gasteiger partial charge in [-0.25, -0.2) is 0 Å². The van der Waals surface area contributed by atoms with E-state index in [0.29, 0.717) is 0 Å². The third-order valence-corrected chi connectivity index (χ3v) is 1.92. The molecule has 4 N–H and O–H groups in total. The molecule has 0 heterocycles. The second-order valence-electron chi connectivity index (χ2n) is 2.86. The summed E-state index contributed by atoms with van der Waals surface area (Å²) in [6.45, 7) is -0.569. The van der Waals surface area contributed by atoms with Gasteiger partial charge in [-0.2, -0.15) is 8.42 Å². The molecule has 0 aromatic rings. The standard InChI is InChI=1S/C8H15NO5S/c1-15(12,13)14-8(7(9)6-11)4-2-3-5-10/h7-8,10-11H,3,5-6,9H2,1H3/t7-,8+/m0/s1. The Morgan fingerprint density at radius 2 is 2.07 bits per heavy atom. The number of nitrogens with two attached hydrogens (primary N) is 1. The number of hydrogen-bond acceptors (Lipinski definition) is 6. The zero-order valence-corrected chi connectivity index (χ0v) is 9.20. The maximum absolute atomic E-state index is 10.8. The minimum absolute atomic E-state index is 0.132. The van der Waals surface area contributed by atoms with E-state index in [2.05, 4.69) is 16.0 Å². The fourth-order valence-electron chi connectivity index (χ4n) is 0.715. The fourth-order valence-corrected chi connectivity index (χ4v) is 1.28. The normalized spacial score (nSPS) is 15.2. The van der Waals surface area contributed by atoms with Crippen LogP contribution in [0.5, 0.6) is 0 Å². The van der Waals surface area contributed by atoms with E-state index < -0.39 is 28.9 Å². The van der Waals surface area contributed by atoms with Gasteiger partial charge in [-0.05, 0) is 0 Å². The van der Waals surface area contributed by atoms with E-state index >= 15 is 0 Å². The summed E-state index contributed by atoms with van der Waals surface area (Å²) in [5, 5.41) is 17.2. The second-order valence-corrected chi connectivity index (χ2v) is 4.46. The Balaban J connectivity index is 4.54. The molecule has 7 heteroatoms. The third kappa shape index (κ3) is 7.30. The largest absolute Gasteiger partial charge is 0.395 e. The highest BCUT2D eigenvalue weighted by molar-refractivity contribution is 7.86. The van der Waals surface area contributed by atoms with Crippen LogP contribution < -0.4 is 5.73 Å².